The summed E-state index contributed by atoms with van der Waals surface area (Å²) in [4.78, 5) is 23.7. The maximum absolute atomic E-state index is 12.2. The number of phenols is 1. The molecule has 0 aliphatic rings. The van der Waals surface area contributed by atoms with E-state index in [9.17, 15) is 14.7 Å². The highest BCUT2D eigenvalue weighted by Gasteiger charge is 2.12. The van der Waals surface area contributed by atoms with Gasteiger partial charge in [0.1, 0.15) is 5.75 Å². The van der Waals surface area contributed by atoms with Gasteiger partial charge in [0, 0.05) is 17.3 Å². The minimum Gasteiger partial charge on any atom is -0.506 e. The zero-order chi connectivity index (χ0) is 17.0. The molecule has 118 valence electrons. The van der Waals surface area contributed by atoms with Crippen molar-refractivity contribution in [2.45, 2.75) is 6.92 Å². The van der Waals surface area contributed by atoms with E-state index in [1.165, 1.54) is 12.1 Å². The number of halogens is 1. The Bertz CT molecular complexity index is 787. The Morgan fingerprint density at radius 2 is 1.83 bits per heavy atom. The van der Waals surface area contributed by atoms with Gasteiger partial charge in [-0.1, -0.05) is 30.3 Å². The first kappa shape index (κ1) is 16.6. The van der Waals surface area contributed by atoms with Crippen molar-refractivity contribution in [3.8, 4) is 5.75 Å². The van der Waals surface area contributed by atoms with Crippen LogP contribution in [0.1, 0.15) is 17.3 Å². The fourth-order valence-electron chi connectivity index (χ4n) is 1.79. The van der Waals surface area contributed by atoms with E-state index in [0.717, 1.165) is 0 Å². The lowest BCUT2D eigenvalue weighted by Gasteiger charge is -2.10. The molecule has 2 aromatic rings. The first-order chi connectivity index (χ1) is 10.9. The van der Waals surface area contributed by atoms with Gasteiger partial charge in [-0.25, -0.2) is 0 Å². The van der Waals surface area contributed by atoms with Crippen LogP contribution in [-0.2, 0) is 4.79 Å². The Balaban J connectivity index is 2.15. The molecule has 0 heterocycles. The summed E-state index contributed by atoms with van der Waals surface area (Å²) >= 11 is 5.96. The average molecular weight is 331 g/mol. The Morgan fingerprint density at radius 1 is 1.13 bits per heavy atom. The van der Waals surface area contributed by atoms with Gasteiger partial charge in [0.15, 0.2) is 0 Å². The highest BCUT2D eigenvalue weighted by Crippen LogP contribution is 2.28. The first-order valence-corrected chi connectivity index (χ1v) is 7.12. The molecule has 2 aromatic carbocycles. The second-order valence-electron chi connectivity index (χ2n) is 4.90. The van der Waals surface area contributed by atoms with E-state index in [2.05, 4.69) is 17.2 Å². The second-order valence-corrected chi connectivity index (χ2v) is 5.31. The standard InChI is InChI=1S/C17H15ClN2O3/c1-10(2)16(22)19-11-7-8-14(15(21)9-11)20-17(23)12-5-3-4-6-13(12)18/h3-9,21H,1H2,2H3,(H,19,22)(H,20,23). The molecule has 0 aromatic heterocycles. The predicted molar refractivity (Wildman–Crippen MR) is 91.0 cm³/mol. The highest BCUT2D eigenvalue weighted by atomic mass is 35.5. The van der Waals surface area contributed by atoms with Gasteiger partial charge in [-0.05, 0) is 31.2 Å². The molecule has 0 aliphatic carbocycles. The lowest BCUT2D eigenvalue weighted by Crippen LogP contribution is -2.13. The maximum atomic E-state index is 12.2. The Labute approximate surface area is 138 Å². The summed E-state index contributed by atoms with van der Waals surface area (Å²) in [6.45, 7) is 5.11. The van der Waals surface area contributed by atoms with Crippen molar-refractivity contribution in [3.05, 3.63) is 65.2 Å². The Morgan fingerprint density at radius 3 is 2.43 bits per heavy atom. The smallest absolute Gasteiger partial charge is 0.257 e. The van der Waals surface area contributed by atoms with E-state index in [-0.39, 0.29) is 17.3 Å². The van der Waals surface area contributed by atoms with E-state index >= 15 is 0 Å². The minimum atomic E-state index is -0.440. The van der Waals surface area contributed by atoms with Crippen molar-refractivity contribution in [1.82, 2.24) is 0 Å². The largest absolute Gasteiger partial charge is 0.506 e. The number of amides is 2. The van der Waals surface area contributed by atoms with Gasteiger partial charge < -0.3 is 15.7 Å². The van der Waals surface area contributed by atoms with Crippen LogP contribution in [0, 0.1) is 0 Å². The molecule has 0 radical (unpaired) electrons. The first-order valence-electron chi connectivity index (χ1n) is 6.74. The number of benzene rings is 2. The molecule has 0 saturated heterocycles. The van der Waals surface area contributed by atoms with Crippen LogP contribution in [0.4, 0.5) is 11.4 Å². The quantitative estimate of drug-likeness (QED) is 0.589. The van der Waals surface area contributed by atoms with E-state index < -0.39 is 5.91 Å². The molecule has 23 heavy (non-hydrogen) atoms. The second kappa shape index (κ2) is 6.98. The molecule has 6 heteroatoms. The fraction of sp³-hybridized carbons (Fsp3) is 0.0588. The summed E-state index contributed by atoms with van der Waals surface area (Å²) in [5, 5.41) is 15.4. The molecule has 2 rings (SSSR count). The third kappa shape index (κ3) is 4.11. The molecule has 0 fully saturated rings. The third-order valence-corrected chi connectivity index (χ3v) is 3.34. The van der Waals surface area contributed by atoms with Crippen LogP contribution < -0.4 is 10.6 Å². The van der Waals surface area contributed by atoms with Crippen molar-refractivity contribution >= 4 is 34.8 Å². The zero-order valence-corrected chi connectivity index (χ0v) is 13.1. The van der Waals surface area contributed by atoms with E-state index in [1.54, 1.807) is 37.3 Å². The molecule has 0 bridgehead atoms. The van der Waals surface area contributed by atoms with Crippen LogP contribution in [0.15, 0.2) is 54.6 Å². The topological polar surface area (TPSA) is 78.4 Å². The average Bonchev–Trinajstić information content (AvgIpc) is 2.50. The van der Waals surface area contributed by atoms with Crippen LogP contribution in [0.5, 0.6) is 5.75 Å². The van der Waals surface area contributed by atoms with E-state index in [4.69, 9.17) is 11.6 Å². The number of hydrogen-bond donors (Lipinski definition) is 3. The number of carbonyl (C=O) groups excluding carboxylic acids is 2. The monoisotopic (exact) mass is 330 g/mol. The fourth-order valence-corrected chi connectivity index (χ4v) is 2.01. The molecule has 3 N–H and O–H groups in total. The van der Waals surface area contributed by atoms with Crippen molar-refractivity contribution in [2.24, 2.45) is 0 Å². The van der Waals surface area contributed by atoms with Gasteiger partial charge in [0.2, 0.25) is 0 Å². The van der Waals surface area contributed by atoms with E-state index in [1.807, 2.05) is 0 Å². The molecule has 0 unspecified atom stereocenters. The third-order valence-electron chi connectivity index (χ3n) is 3.01. The zero-order valence-electron chi connectivity index (χ0n) is 12.4. The van der Waals surface area contributed by atoms with Crippen LogP contribution >= 0.6 is 11.6 Å². The summed E-state index contributed by atoms with van der Waals surface area (Å²) in [5.41, 5.74) is 1.25. The molecule has 0 atom stereocenters. The van der Waals surface area contributed by atoms with Gasteiger partial charge in [-0.15, -0.1) is 0 Å². The number of aromatic hydroxyl groups is 1. The SMILES string of the molecule is C=C(C)C(=O)Nc1ccc(NC(=O)c2ccccc2Cl)c(O)c1. The number of hydrogen-bond acceptors (Lipinski definition) is 3. The van der Waals surface area contributed by atoms with Crippen LogP contribution in [0.3, 0.4) is 0 Å². The van der Waals surface area contributed by atoms with Gasteiger partial charge in [-0.2, -0.15) is 0 Å². The van der Waals surface area contributed by atoms with Crippen LogP contribution in [-0.4, -0.2) is 16.9 Å². The van der Waals surface area contributed by atoms with Crippen LogP contribution in [0.2, 0.25) is 5.02 Å². The molecule has 2 amide bonds. The summed E-state index contributed by atoms with van der Waals surface area (Å²) in [6, 6.07) is 11.0. The van der Waals surface area contributed by atoms with Gasteiger partial charge >= 0.3 is 0 Å². The summed E-state index contributed by atoms with van der Waals surface area (Å²) in [6.07, 6.45) is 0. The molecular formula is C17H15ClN2O3. The Hall–Kier alpha value is -2.79. The number of nitrogens with one attached hydrogen (secondary N) is 2. The molecule has 0 saturated carbocycles. The summed E-state index contributed by atoms with van der Waals surface area (Å²) < 4.78 is 0. The number of carbonyl (C=O) groups is 2. The van der Waals surface area contributed by atoms with Crippen molar-refractivity contribution in [1.29, 1.82) is 0 Å². The normalized spacial score (nSPS) is 10.0. The highest BCUT2D eigenvalue weighted by molar-refractivity contribution is 6.34. The number of phenolic OH excluding ortho intramolecular Hbond substituents is 1. The van der Waals surface area contributed by atoms with Crippen molar-refractivity contribution < 1.29 is 14.7 Å². The van der Waals surface area contributed by atoms with E-state index in [0.29, 0.717) is 21.8 Å². The number of anilines is 2. The maximum Gasteiger partial charge on any atom is 0.257 e. The summed E-state index contributed by atoms with van der Waals surface area (Å²) in [7, 11) is 0. The predicted octanol–water partition coefficient (Wildman–Crippen LogP) is 3.81. The van der Waals surface area contributed by atoms with Gasteiger partial charge in [0.25, 0.3) is 11.8 Å². The molecular weight excluding hydrogens is 316 g/mol. The van der Waals surface area contributed by atoms with Crippen molar-refractivity contribution in [2.75, 3.05) is 10.6 Å². The minimum absolute atomic E-state index is 0.176. The molecule has 0 spiro atoms. The molecule has 0 aliphatic heterocycles. The summed E-state index contributed by atoms with van der Waals surface area (Å²) in [5.74, 6) is -0.966. The molecule has 5 nitrogen and oxygen atoms in total. The Kier molecular flexibility index (Phi) is 5.03. The van der Waals surface area contributed by atoms with Crippen LogP contribution in [0.25, 0.3) is 0 Å². The number of rotatable bonds is 4. The lowest BCUT2D eigenvalue weighted by atomic mass is 10.2. The van der Waals surface area contributed by atoms with Crippen molar-refractivity contribution in [3.63, 3.8) is 0 Å². The van der Waals surface area contributed by atoms with Gasteiger partial charge in [0.05, 0.1) is 16.3 Å². The van der Waals surface area contributed by atoms with Gasteiger partial charge in [-0.3, -0.25) is 9.59 Å². The lowest BCUT2D eigenvalue weighted by molar-refractivity contribution is -0.112.